The number of halogens is 3. The molecule has 0 bridgehead atoms. The summed E-state index contributed by atoms with van der Waals surface area (Å²) < 4.78 is 41.9. The number of aryl methyl sites for hydroxylation is 1. The molecular weight excluding hydrogens is 383 g/mol. The first kappa shape index (κ1) is 19.7. The van der Waals surface area contributed by atoms with Crippen LogP contribution in [0.3, 0.4) is 0 Å². The molecule has 156 valence electrons. The normalized spacial score (nSPS) is 24.8. The number of alkyl halides is 3. The number of aliphatic imine (C=N–C) groups is 1. The molecule has 4 rings (SSSR count). The smallest absolute Gasteiger partial charge is 0.364 e. The van der Waals surface area contributed by atoms with E-state index in [1.807, 2.05) is 24.7 Å². The van der Waals surface area contributed by atoms with Gasteiger partial charge in [-0.05, 0) is 39.8 Å². The molecule has 2 fully saturated rings. The molecule has 2 N–H and O–H groups in total. The van der Waals surface area contributed by atoms with Crippen LogP contribution in [0.2, 0.25) is 0 Å². The molecule has 29 heavy (non-hydrogen) atoms. The summed E-state index contributed by atoms with van der Waals surface area (Å²) >= 11 is 0. The van der Waals surface area contributed by atoms with Crippen LogP contribution < -0.4 is 10.6 Å². The second-order valence-electron chi connectivity index (χ2n) is 8.63. The van der Waals surface area contributed by atoms with Crippen molar-refractivity contribution >= 4 is 24.2 Å². The molecule has 2 saturated carbocycles. The number of nitrogens with zero attached hydrogens (tertiary/aromatic N) is 5. The van der Waals surface area contributed by atoms with Gasteiger partial charge in [0.1, 0.15) is 11.4 Å². The van der Waals surface area contributed by atoms with Crippen LogP contribution in [0.25, 0.3) is 0 Å². The number of aromatic nitrogens is 4. The van der Waals surface area contributed by atoms with Crippen molar-refractivity contribution in [2.24, 2.45) is 10.4 Å². The molecule has 0 saturated heterocycles. The second kappa shape index (κ2) is 6.43. The van der Waals surface area contributed by atoms with E-state index in [9.17, 15) is 13.2 Å². The van der Waals surface area contributed by atoms with Gasteiger partial charge in [-0.3, -0.25) is 4.68 Å². The molecular formula is C19H24F3N7. The molecule has 2 atom stereocenters. The number of anilines is 3. The number of hydrogen-bond acceptors (Lipinski definition) is 6. The highest BCUT2D eigenvalue weighted by molar-refractivity contribution is 5.59. The Kier molecular flexibility index (Phi) is 4.36. The minimum Gasteiger partial charge on any atom is -0.364 e. The first-order valence-corrected chi connectivity index (χ1v) is 9.51. The highest BCUT2D eigenvalue weighted by Gasteiger charge is 2.51. The summed E-state index contributed by atoms with van der Waals surface area (Å²) in [4.78, 5) is 12.0. The van der Waals surface area contributed by atoms with E-state index in [1.165, 1.54) is 0 Å². The van der Waals surface area contributed by atoms with Crippen LogP contribution in [-0.2, 0) is 6.18 Å². The van der Waals surface area contributed by atoms with E-state index >= 15 is 0 Å². The van der Waals surface area contributed by atoms with Gasteiger partial charge in [-0.2, -0.15) is 23.3 Å². The molecule has 0 aliphatic heterocycles. The standard InChI is InChI=1S/C19H24F3N7/c1-11-13(9-29(28-11)14-7-17(14,2)10-23-4)25-16-24-8-12(19(20,21)22)15(26-16)27-18(3)5-6-18/h8-9,14H,4-7,10H2,1-3H3,(H2,24,25,26,27)/t14-,17-/m0/s1. The Morgan fingerprint density at radius 1 is 1.34 bits per heavy atom. The van der Waals surface area contributed by atoms with Gasteiger partial charge in [0.15, 0.2) is 0 Å². The highest BCUT2D eigenvalue weighted by Crippen LogP contribution is 2.56. The SMILES string of the molecule is C=NC[C@]1(C)C[C@@H]1n1cc(Nc2ncc(C(F)(F)F)c(NC3(C)CC3)n2)c(C)n1. The maximum atomic E-state index is 13.3. The molecule has 2 aliphatic carbocycles. The fourth-order valence-corrected chi connectivity index (χ4v) is 3.45. The molecule has 2 aliphatic rings. The monoisotopic (exact) mass is 407 g/mol. The summed E-state index contributed by atoms with van der Waals surface area (Å²) in [5.41, 5.74) is 0.211. The Hall–Kier alpha value is -2.65. The van der Waals surface area contributed by atoms with Gasteiger partial charge in [0, 0.05) is 29.9 Å². The molecule has 2 heterocycles. The number of rotatable bonds is 7. The summed E-state index contributed by atoms with van der Waals surface area (Å²) in [6.07, 6.45) is 0.700. The van der Waals surface area contributed by atoms with Crippen LogP contribution in [0.5, 0.6) is 0 Å². The van der Waals surface area contributed by atoms with E-state index in [0.29, 0.717) is 12.2 Å². The van der Waals surface area contributed by atoms with Gasteiger partial charge in [0.25, 0.3) is 0 Å². The van der Waals surface area contributed by atoms with Crippen LogP contribution in [-0.4, -0.2) is 38.5 Å². The zero-order valence-electron chi connectivity index (χ0n) is 16.6. The van der Waals surface area contributed by atoms with Crippen molar-refractivity contribution in [3.8, 4) is 0 Å². The fourth-order valence-electron chi connectivity index (χ4n) is 3.45. The summed E-state index contributed by atoms with van der Waals surface area (Å²) in [6.45, 7) is 10.1. The zero-order chi connectivity index (χ0) is 21.0. The van der Waals surface area contributed by atoms with Gasteiger partial charge in [-0.1, -0.05) is 6.92 Å². The zero-order valence-corrected chi connectivity index (χ0v) is 16.6. The second-order valence-corrected chi connectivity index (χ2v) is 8.63. The largest absolute Gasteiger partial charge is 0.421 e. The summed E-state index contributed by atoms with van der Waals surface area (Å²) in [5, 5.41) is 10.5. The first-order valence-electron chi connectivity index (χ1n) is 9.51. The van der Waals surface area contributed by atoms with E-state index in [4.69, 9.17) is 0 Å². The third-order valence-corrected chi connectivity index (χ3v) is 5.77. The van der Waals surface area contributed by atoms with E-state index in [-0.39, 0.29) is 28.8 Å². The van der Waals surface area contributed by atoms with E-state index < -0.39 is 11.7 Å². The van der Waals surface area contributed by atoms with Gasteiger partial charge in [0.2, 0.25) is 5.95 Å². The molecule has 0 aromatic carbocycles. The highest BCUT2D eigenvalue weighted by atomic mass is 19.4. The Morgan fingerprint density at radius 2 is 2.07 bits per heavy atom. The minimum absolute atomic E-state index is 0.0408. The Balaban J connectivity index is 1.57. The third-order valence-electron chi connectivity index (χ3n) is 5.77. The van der Waals surface area contributed by atoms with Crippen molar-refractivity contribution < 1.29 is 13.2 Å². The average Bonchev–Trinajstić information content (AvgIpc) is 3.46. The molecule has 0 spiro atoms. The van der Waals surface area contributed by atoms with Crippen molar-refractivity contribution in [3.05, 3.63) is 23.7 Å². The predicted octanol–water partition coefficient (Wildman–Crippen LogP) is 4.36. The van der Waals surface area contributed by atoms with Gasteiger partial charge >= 0.3 is 6.18 Å². The summed E-state index contributed by atoms with van der Waals surface area (Å²) in [6, 6.07) is 0.225. The minimum atomic E-state index is -4.53. The maximum absolute atomic E-state index is 13.3. The Labute approximate surface area is 166 Å². The first-order chi connectivity index (χ1) is 13.5. The van der Waals surface area contributed by atoms with Crippen LogP contribution in [0.4, 0.5) is 30.6 Å². The van der Waals surface area contributed by atoms with E-state index in [0.717, 1.165) is 31.2 Å². The Morgan fingerprint density at radius 3 is 2.69 bits per heavy atom. The average molecular weight is 407 g/mol. The number of hydrogen-bond donors (Lipinski definition) is 2. The van der Waals surface area contributed by atoms with Crippen LogP contribution in [0.15, 0.2) is 17.4 Å². The topological polar surface area (TPSA) is 80.0 Å². The lowest BCUT2D eigenvalue weighted by atomic mass is 10.1. The van der Waals surface area contributed by atoms with Crippen molar-refractivity contribution in [3.63, 3.8) is 0 Å². The van der Waals surface area contributed by atoms with Gasteiger partial charge in [-0.15, -0.1) is 0 Å². The Bertz CT molecular complexity index is 948. The van der Waals surface area contributed by atoms with Gasteiger partial charge in [0.05, 0.1) is 17.4 Å². The lowest BCUT2D eigenvalue weighted by Gasteiger charge is -2.18. The van der Waals surface area contributed by atoms with Crippen molar-refractivity contribution in [1.82, 2.24) is 19.7 Å². The van der Waals surface area contributed by atoms with E-state index in [2.05, 4.69) is 44.3 Å². The lowest BCUT2D eigenvalue weighted by molar-refractivity contribution is -0.137. The quantitative estimate of drug-likeness (QED) is 0.667. The van der Waals surface area contributed by atoms with Crippen LogP contribution in [0.1, 0.15) is 50.4 Å². The van der Waals surface area contributed by atoms with Crippen molar-refractivity contribution in [1.29, 1.82) is 0 Å². The van der Waals surface area contributed by atoms with E-state index in [1.54, 1.807) is 0 Å². The maximum Gasteiger partial charge on any atom is 0.421 e. The van der Waals surface area contributed by atoms with Gasteiger partial charge in [-0.25, -0.2) is 4.98 Å². The lowest BCUT2D eigenvalue weighted by Crippen LogP contribution is -2.21. The predicted molar refractivity (Wildman–Crippen MR) is 105 cm³/mol. The van der Waals surface area contributed by atoms with Crippen molar-refractivity contribution in [2.75, 3.05) is 17.2 Å². The molecule has 2 aromatic rings. The van der Waals surface area contributed by atoms with Gasteiger partial charge < -0.3 is 15.6 Å². The summed E-state index contributed by atoms with van der Waals surface area (Å²) in [5.74, 6) is -0.106. The van der Waals surface area contributed by atoms with Crippen LogP contribution in [0, 0.1) is 12.3 Å². The molecule has 0 radical (unpaired) electrons. The third kappa shape index (κ3) is 3.92. The van der Waals surface area contributed by atoms with Crippen molar-refractivity contribution in [2.45, 2.75) is 57.8 Å². The molecule has 2 aromatic heterocycles. The molecule has 7 nitrogen and oxygen atoms in total. The fraction of sp³-hybridized carbons (Fsp3) is 0.579. The molecule has 10 heteroatoms. The molecule has 0 amide bonds. The number of nitrogens with one attached hydrogen (secondary N) is 2. The van der Waals surface area contributed by atoms with Crippen LogP contribution >= 0.6 is 0 Å². The molecule has 0 unspecified atom stereocenters. The summed E-state index contributed by atoms with van der Waals surface area (Å²) in [7, 11) is 0.